The number of para-hydroxylation sites is 1. The first-order valence-corrected chi connectivity index (χ1v) is 10.8. The number of furan rings is 1. The molecule has 0 aliphatic carbocycles. The van der Waals surface area contributed by atoms with Crippen molar-refractivity contribution in [3.63, 3.8) is 0 Å². The number of hydrogen-bond acceptors (Lipinski definition) is 3. The first kappa shape index (κ1) is 21.3. The standard InChI is InChI=1S/C23H14ClF3O3S/c24-16-10-8-14(9-11-16)21(28)22-19(18-6-1-2-7-20(18)30-22)13-31(29)17-5-3-4-15(12-17)23(25,26)27/h1-12H,13H2/t31-/m0/s1. The molecule has 4 rings (SSSR count). The van der Waals surface area contributed by atoms with Crippen molar-refractivity contribution in [1.82, 2.24) is 0 Å². The van der Waals surface area contributed by atoms with Crippen LogP contribution in [0.1, 0.15) is 27.2 Å². The van der Waals surface area contributed by atoms with Gasteiger partial charge in [-0.25, -0.2) is 0 Å². The number of halogens is 4. The summed E-state index contributed by atoms with van der Waals surface area (Å²) in [6.07, 6.45) is -4.54. The van der Waals surface area contributed by atoms with Gasteiger partial charge in [0, 0.05) is 26.4 Å². The zero-order chi connectivity index (χ0) is 22.2. The van der Waals surface area contributed by atoms with Crippen molar-refractivity contribution in [2.24, 2.45) is 0 Å². The molecular weight excluding hydrogens is 449 g/mol. The molecule has 0 saturated carbocycles. The Labute approximate surface area is 182 Å². The summed E-state index contributed by atoms with van der Waals surface area (Å²) in [5.74, 6) is -0.597. The van der Waals surface area contributed by atoms with Gasteiger partial charge >= 0.3 is 6.18 Å². The van der Waals surface area contributed by atoms with Gasteiger partial charge in [-0.1, -0.05) is 35.9 Å². The van der Waals surface area contributed by atoms with Crippen LogP contribution < -0.4 is 0 Å². The molecule has 3 aromatic carbocycles. The van der Waals surface area contributed by atoms with Crippen molar-refractivity contribution in [2.75, 3.05) is 0 Å². The number of ketones is 1. The second-order valence-electron chi connectivity index (χ2n) is 6.76. The fraction of sp³-hybridized carbons (Fsp3) is 0.0870. The Balaban J connectivity index is 1.75. The van der Waals surface area contributed by atoms with E-state index in [2.05, 4.69) is 0 Å². The molecule has 0 N–H and O–H groups in total. The number of alkyl halides is 3. The third-order valence-electron chi connectivity index (χ3n) is 4.71. The van der Waals surface area contributed by atoms with Gasteiger partial charge in [0.1, 0.15) is 5.58 Å². The van der Waals surface area contributed by atoms with Crippen LogP contribution in [0.4, 0.5) is 13.2 Å². The van der Waals surface area contributed by atoms with Crippen molar-refractivity contribution in [2.45, 2.75) is 16.8 Å². The molecule has 0 radical (unpaired) electrons. The van der Waals surface area contributed by atoms with Gasteiger partial charge in [-0.05, 0) is 48.5 Å². The van der Waals surface area contributed by atoms with E-state index in [0.717, 1.165) is 12.1 Å². The van der Waals surface area contributed by atoms with Gasteiger partial charge in [0.2, 0.25) is 5.78 Å². The predicted molar refractivity (Wildman–Crippen MR) is 113 cm³/mol. The number of carbonyl (C=O) groups is 1. The fourth-order valence-corrected chi connectivity index (χ4v) is 4.52. The van der Waals surface area contributed by atoms with Crippen molar-refractivity contribution in [3.05, 3.63) is 100 Å². The van der Waals surface area contributed by atoms with E-state index in [1.165, 1.54) is 12.1 Å². The molecule has 1 heterocycles. The van der Waals surface area contributed by atoms with Crippen molar-refractivity contribution in [3.8, 4) is 0 Å². The second-order valence-corrected chi connectivity index (χ2v) is 8.64. The lowest BCUT2D eigenvalue weighted by atomic mass is 10.0. The van der Waals surface area contributed by atoms with Crippen LogP contribution in [0.5, 0.6) is 0 Å². The van der Waals surface area contributed by atoms with E-state index in [9.17, 15) is 22.2 Å². The average Bonchev–Trinajstić information content (AvgIpc) is 3.11. The van der Waals surface area contributed by atoms with Crippen LogP contribution in [0, 0.1) is 0 Å². The Kier molecular flexibility index (Phi) is 5.73. The third kappa shape index (κ3) is 4.43. The highest BCUT2D eigenvalue weighted by atomic mass is 35.5. The third-order valence-corrected chi connectivity index (χ3v) is 6.29. The lowest BCUT2D eigenvalue weighted by Gasteiger charge is -2.09. The molecule has 0 amide bonds. The number of fused-ring (bicyclic) bond motifs is 1. The first-order chi connectivity index (χ1) is 14.7. The van der Waals surface area contributed by atoms with E-state index in [-0.39, 0.29) is 16.4 Å². The maximum Gasteiger partial charge on any atom is 0.416 e. The number of hydrogen-bond donors (Lipinski definition) is 0. The van der Waals surface area contributed by atoms with Gasteiger partial charge in [0.15, 0.2) is 5.76 Å². The molecule has 31 heavy (non-hydrogen) atoms. The minimum absolute atomic E-state index is 0.00356. The van der Waals surface area contributed by atoms with Crippen LogP contribution in [0.3, 0.4) is 0 Å². The van der Waals surface area contributed by atoms with Crippen molar-refractivity contribution in [1.29, 1.82) is 0 Å². The molecule has 1 atom stereocenters. The monoisotopic (exact) mass is 462 g/mol. The topological polar surface area (TPSA) is 47.3 Å². The minimum Gasteiger partial charge on any atom is -0.452 e. The van der Waals surface area contributed by atoms with Gasteiger partial charge in [-0.2, -0.15) is 13.2 Å². The summed E-state index contributed by atoms with van der Waals surface area (Å²) in [6.45, 7) is 0. The molecule has 158 valence electrons. The van der Waals surface area contributed by atoms with E-state index >= 15 is 0 Å². The molecule has 4 aromatic rings. The normalized spacial score (nSPS) is 12.8. The lowest BCUT2D eigenvalue weighted by Crippen LogP contribution is -2.08. The van der Waals surface area contributed by atoms with Crippen LogP contribution in [0.25, 0.3) is 11.0 Å². The molecule has 0 unspecified atom stereocenters. The SMILES string of the molecule is O=C(c1ccc(Cl)cc1)c1oc2ccccc2c1C[S@](=O)c1cccc(C(F)(F)F)c1. The molecular formula is C23H14ClF3O3S. The van der Waals surface area contributed by atoms with Gasteiger partial charge in [-0.3, -0.25) is 9.00 Å². The summed E-state index contributed by atoms with van der Waals surface area (Å²) in [4.78, 5) is 13.1. The first-order valence-electron chi connectivity index (χ1n) is 9.10. The Morgan fingerprint density at radius 2 is 1.68 bits per heavy atom. The van der Waals surface area contributed by atoms with Crippen LogP contribution in [0.2, 0.25) is 5.02 Å². The summed E-state index contributed by atoms with van der Waals surface area (Å²) in [6, 6.07) is 17.5. The van der Waals surface area contributed by atoms with Gasteiger partial charge < -0.3 is 4.42 Å². The largest absolute Gasteiger partial charge is 0.452 e. The van der Waals surface area contributed by atoms with E-state index in [4.69, 9.17) is 16.0 Å². The Bertz CT molecular complexity index is 1290. The molecule has 0 aliphatic rings. The Hall–Kier alpha value is -2.90. The highest BCUT2D eigenvalue weighted by Gasteiger charge is 2.31. The number of benzene rings is 3. The summed E-state index contributed by atoms with van der Waals surface area (Å²) >= 11 is 5.88. The van der Waals surface area contributed by atoms with Gasteiger partial charge in [-0.15, -0.1) is 0 Å². The van der Waals surface area contributed by atoms with Crippen LogP contribution >= 0.6 is 11.6 Å². The van der Waals surface area contributed by atoms with Crippen LogP contribution in [0.15, 0.2) is 82.1 Å². The van der Waals surface area contributed by atoms with E-state index < -0.39 is 28.3 Å². The summed E-state index contributed by atoms with van der Waals surface area (Å²) in [7, 11) is -1.83. The Morgan fingerprint density at radius 1 is 0.968 bits per heavy atom. The molecule has 3 nitrogen and oxygen atoms in total. The summed E-state index contributed by atoms with van der Waals surface area (Å²) < 4.78 is 57.8. The van der Waals surface area contributed by atoms with E-state index in [1.54, 1.807) is 48.5 Å². The summed E-state index contributed by atoms with van der Waals surface area (Å²) in [5, 5.41) is 1.05. The highest BCUT2D eigenvalue weighted by Crippen LogP contribution is 2.33. The molecule has 0 bridgehead atoms. The highest BCUT2D eigenvalue weighted by molar-refractivity contribution is 7.84. The van der Waals surface area contributed by atoms with E-state index in [1.807, 2.05) is 0 Å². The molecule has 0 fully saturated rings. The van der Waals surface area contributed by atoms with Crippen molar-refractivity contribution < 1.29 is 26.6 Å². The Morgan fingerprint density at radius 3 is 2.39 bits per heavy atom. The smallest absolute Gasteiger partial charge is 0.416 e. The lowest BCUT2D eigenvalue weighted by molar-refractivity contribution is -0.137. The molecule has 1 aromatic heterocycles. The molecule has 0 aliphatic heterocycles. The van der Waals surface area contributed by atoms with E-state index in [0.29, 0.717) is 27.1 Å². The maximum atomic E-state index is 13.1. The zero-order valence-corrected chi connectivity index (χ0v) is 17.4. The predicted octanol–water partition coefficient (Wildman–Crippen LogP) is 6.64. The minimum atomic E-state index is -4.54. The van der Waals surface area contributed by atoms with Crippen LogP contribution in [-0.2, 0) is 22.7 Å². The maximum absolute atomic E-state index is 13.1. The zero-order valence-electron chi connectivity index (χ0n) is 15.8. The molecule has 8 heteroatoms. The van der Waals surface area contributed by atoms with Crippen molar-refractivity contribution >= 4 is 39.2 Å². The molecule has 0 saturated heterocycles. The van der Waals surface area contributed by atoms with Gasteiger partial charge in [0.25, 0.3) is 0 Å². The fourth-order valence-electron chi connectivity index (χ4n) is 3.19. The average molecular weight is 463 g/mol. The molecule has 0 spiro atoms. The van der Waals surface area contributed by atoms with Gasteiger partial charge in [0.05, 0.1) is 22.1 Å². The number of carbonyl (C=O) groups excluding carboxylic acids is 1. The summed E-state index contributed by atoms with van der Waals surface area (Å²) in [5.41, 5.74) is 0.254. The van der Waals surface area contributed by atoms with Crippen LogP contribution in [-0.4, -0.2) is 9.99 Å². The number of rotatable bonds is 5. The second kappa shape index (κ2) is 8.32. The quantitative estimate of drug-likeness (QED) is 0.312.